The number of aryl methyl sites for hydroxylation is 1. The fraction of sp³-hybridized carbons (Fsp3) is 0.429. The number of ether oxygens (including phenoxy) is 1. The smallest absolute Gasteiger partial charge is 0.318 e. The van der Waals surface area contributed by atoms with E-state index >= 15 is 0 Å². The third-order valence-corrected chi connectivity index (χ3v) is 2.84. The molecule has 0 saturated heterocycles. The summed E-state index contributed by atoms with van der Waals surface area (Å²) in [5, 5.41) is 2.04. The summed E-state index contributed by atoms with van der Waals surface area (Å²) < 4.78 is 5.10. The number of imide groups is 1. The third-order valence-electron chi connectivity index (χ3n) is 2.84. The summed E-state index contributed by atoms with van der Waals surface area (Å²) in [5.41, 5.74) is 6.09. The van der Waals surface area contributed by atoms with Gasteiger partial charge in [0.05, 0.1) is 13.7 Å². The molecule has 0 fully saturated rings. The van der Waals surface area contributed by atoms with E-state index in [-0.39, 0.29) is 12.5 Å². The summed E-state index contributed by atoms with van der Waals surface area (Å²) in [6.07, 6.45) is 1.85. The maximum atomic E-state index is 11.3. The van der Waals surface area contributed by atoms with Crippen LogP contribution in [0.3, 0.4) is 0 Å². The van der Waals surface area contributed by atoms with Gasteiger partial charge in [0.25, 0.3) is 0 Å². The van der Waals surface area contributed by atoms with Gasteiger partial charge in [-0.1, -0.05) is 12.1 Å². The highest BCUT2D eigenvalue weighted by molar-refractivity contribution is 5.94. The van der Waals surface area contributed by atoms with Crippen LogP contribution in [0.2, 0.25) is 0 Å². The first-order valence-corrected chi connectivity index (χ1v) is 6.42. The predicted molar refractivity (Wildman–Crippen MR) is 76.5 cm³/mol. The molecule has 3 N–H and O–H groups in total. The molecule has 1 aromatic carbocycles. The van der Waals surface area contributed by atoms with E-state index in [9.17, 15) is 9.59 Å². The number of carbonyl (C=O) groups is 2. The van der Waals surface area contributed by atoms with E-state index in [2.05, 4.69) is 0 Å². The standard InChI is InChI=1S/C14H21N3O3/c1-17(10-13(18)16-14(15)19)9-3-4-11-5-7-12(20-2)8-6-11/h5-8H,3-4,9-10H2,1-2H3,(H3,15,16,18,19). The van der Waals surface area contributed by atoms with Crippen molar-refractivity contribution < 1.29 is 14.3 Å². The average Bonchev–Trinajstić information content (AvgIpc) is 2.38. The molecule has 110 valence electrons. The molecule has 0 heterocycles. The van der Waals surface area contributed by atoms with Crippen molar-refractivity contribution in [3.63, 3.8) is 0 Å². The predicted octanol–water partition coefficient (Wildman–Crippen LogP) is 0.754. The van der Waals surface area contributed by atoms with E-state index in [1.54, 1.807) is 7.11 Å². The number of likely N-dealkylation sites (N-methyl/N-ethyl adjacent to an activating group) is 1. The molecule has 1 rings (SSSR count). The van der Waals surface area contributed by atoms with Gasteiger partial charge in [0.15, 0.2) is 0 Å². The largest absolute Gasteiger partial charge is 0.497 e. The van der Waals surface area contributed by atoms with Crippen molar-refractivity contribution in [3.05, 3.63) is 29.8 Å². The Morgan fingerprint density at radius 2 is 1.95 bits per heavy atom. The Morgan fingerprint density at radius 1 is 1.30 bits per heavy atom. The zero-order chi connectivity index (χ0) is 15.0. The van der Waals surface area contributed by atoms with Crippen LogP contribution in [-0.2, 0) is 11.2 Å². The number of nitrogens with zero attached hydrogens (tertiary/aromatic N) is 1. The number of methoxy groups -OCH3 is 1. The number of hydrogen-bond donors (Lipinski definition) is 2. The number of urea groups is 1. The first-order chi connectivity index (χ1) is 9.51. The molecule has 6 nitrogen and oxygen atoms in total. The molecule has 20 heavy (non-hydrogen) atoms. The van der Waals surface area contributed by atoms with Gasteiger partial charge in [-0.25, -0.2) is 4.79 Å². The number of carbonyl (C=O) groups excluding carboxylic acids is 2. The highest BCUT2D eigenvalue weighted by Gasteiger charge is 2.07. The molecule has 0 unspecified atom stereocenters. The lowest BCUT2D eigenvalue weighted by Gasteiger charge is -2.15. The second-order valence-corrected chi connectivity index (χ2v) is 4.60. The molecule has 0 spiro atoms. The Balaban J connectivity index is 2.25. The van der Waals surface area contributed by atoms with Gasteiger partial charge >= 0.3 is 6.03 Å². The van der Waals surface area contributed by atoms with Gasteiger partial charge < -0.3 is 10.5 Å². The van der Waals surface area contributed by atoms with E-state index < -0.39 is 6.03 Å². The second kappa shape index (κ2) is 8.16. The fourth-order valence-electron chi connectivity index (χ4n) is 1.85. The summed E-state index contributed by atoms with van der Waals surface area (Å²) >= 11 is 0. The molecule has 0 radical (unpaired) electrons. The number of benzene rings is 1. The number of amides is 3. The van der Waals surface area contributed by atoms with Crippen molar-refractivity contribution in [2.45, 2.75) is 12.8 Å². The van der Waals surface area contributed by atoms with Crippen molar-refractivity contribution in [1.29, 1.82) is 0 Å². The second-order valence-electron chi connectivity index (χ2n) is 4.60. The maximum Gasteiger partial charge on any atom is 0.318 e. The van der Waals surface area contributed by atoms with Crippen molar-refractivity contribution in [1.82, 2.24) is 10.2 Å². The maximum absolute atomic E-state index is 11.3. The minimum absolute atomic E-state index is 0.158. The molecular weight excluding hydrogens is 258 g/mol. The van der Waals surface area contributed by atoms with Crippen LogP contribution in [0, 0.1) is 0 Å². The topological polar surface area (TPSA) is 84.7 Å². The van der Waals surface area contributed by atoms with E-state index in [0.29, 0.717) is 0 Å². The van der Waals surface area contributed by atoms with Crippen molar-refractivity contribution in [3.8, 4) is 5.75 Å². The summed E-state index contributed by atoms with van der Waals surface area (Å²) in [5.74, 6) is 0.457. The van der Waals surface area contributed by atoms with E-state index in [1.165, 1.54) is 5.56 Å². The van der Waals surface area contributed by atoms with Crippen molar-refractivity contribution in [2.24, 2.45) is 5.73 Å². The van der Waals surface area contributed by atoms with Crippen LogP contribution >= 0.6 is 0 Å². The molecule has 0 bridgehead atoms. The zero-order valence-corrected chi connectivity index (χ0v) is 11.9. The number of nitrogens with one attached hydrogen (secondary N) is 1. The number of hydrogen-bond acceptors (Lipinski definition) is 4. The van der Waals surface area contributed by atoms with Gasteiger partial charge in [0.2, 0.25) is 5.91 Å². The van der Waals surface area contributed by atoms with Gasteiger partial charge in [-0.05, 0) is 44.1 Å². The number of primary amides is 1. The van der Waals surface area contributed by atoms with E-state index in [1.807, 2.05) is 41.5 Å². The Labute approximate surface area is 118 Å². The summed E-state index contributed by atoms with van der Waals surface area (Å²) in [6.45, 7) is 0.920. The third kappa shape index (κ3) is 6.19. The minimum Gasteiger partial charge on any atom is -0.497 e. The average molecular weight is 279 g/mol. The molecule has 1 aromatic rings. The molecule has 0 saturated carbocycles. The lowest BCUT2D eigenvalue weighted by molar-refractivity contribution is -0.120. The highest BCUT2D eigenvalue weighted by Crippen LogP contribution is 2.12. The monoisotopic (exact) mass is 279 g/mol. The zero-order valence-electron chi connectivity index (χ0n) is 11.9. The first-order valence-electron chi connectivity index (χ1n) is 6.42. The molecular formula is C14H21N3O3. The van der Waals surface area contributed by atoms with Crippen LogP contribution in [0.25, 0.3) is 0 Å². The molecule has 0 aromatic heterocycles. The van der Waals surface area contributed by atoms with Crippen LogP contribution in [-0.4, -0.2) is 44.1 Å². The molecule has 0 aliphatic heterocycles. The van der Waals surface area contributed by atoms with E-state index in [0.717, 1.165) is 25.1 Å². The minimum atomic E-state index is -0.818. The highest BCUT2D eigenvalue weighted by atomic mass is 16.5. The van der Waals surface area contributed by atoms with Crippen LogP contribution in [0.5, 0.6) is 5.75 Å². The summed E-state index contributed by atoms with van der Waals surface area (Å²) in [7, 11) is 3.47. The van der Waals surface area contributed by atoms with Crippen molar-refractivity contribution in [2.75, 3.05) is 27.2 Å². The van der Waals surface area contributed by atoms with E-state index in [4.69, 9.17) is 10.5 Å². The van der Waals surface area contributed by atoms with Crippen molar-refractivity contribution >= 4 is 11.9 Å². The summed E-state index contributed by atoms with van der Waals surface area (Å²) in [4.78, 5) is 23.7. The Morgan fingerprint density at radius 3 is 2.50 bits per heavy atom. The quantitative estimate of drug-likeness (QED) is 0.771. The molecule has 0 atom stereocenters. The van der Waals surface area contributed by atoms with Crippen LogP contribution in [0.4, 0.5) is 4.79 Å². The van der Waals surface area contributed by atoms with Gasteiger partial charge in [-0.2, -0.15) is 0 Å². The van der Waals surface area contributed by atoms with Crippen LogP contribution in [0.15, 0.2) is 24.3 Å². The lowest BCUT2D eigenvalue weighted by Crippen LogP contribution is -2.41. The van der Waals surface area contributed by atoms with Gasteiger partial charge in [-0.3, -0.25) is 15.0 Å². The molecule has 0 aliphatic carbocycles. The van der Waals surface area contributed by atoms with Gasteiger partial charge in [-0.15, -0.1) is 0 Å². The molecule has 0 aliphatic rings. The van der Waals surface area contributed by atoms with Gasteiger partial charge in [0, 0.05) is 0 Å². The van der Waals surface area contributed by atoms with Gasteiger partial charge in [0.1, 0.15) is 5.75 Å². The first kappa shape index (κ1) is 16.0. The lowest BCUT2D eigenvalue weighted by atomic mass is 10.1. The Bertz CT molecular complexity index is 445. The van der Waals surface area contributed by atoms with Crippen LogP contribution < -0.4 is 15.8 Å². The summed E-state index contributed by atoms with van der Waals surface area (Å²) in [6, 6.07) is 7.09. The SMILES string of the molecule is COc1ccc(CCCN(C)CC(=O)NC(N)=O)cc1. The number of rotatable bonds is 7. The Hall–Kier alpha value is -2.08. The number of nitrogens with two attached hydrogens (primary N) is 1. The molecule has 3 amide bonds. The fourth-order valence-corrected chi connectivity index (χ4v) is 1.85. The Kier molecular flexibility index (Phi) is 6.52. The normalized spacial score (nSPS) is 10.3. The molecule has 6 heteroatoms. The van der Waals surface area contributed by atoms with Crippen LogP contribution in [0.1, 0.15) is 12.0 Å².